The van der Waals surface area contributed by atoms with Crippen LogP contribution in [0, 0.1) is 11.8 Å². The second-order valence-corrected chi connectivity index (χ2v) is 8.58. The van der Waals surface area contributed by atoms with E-state index < -0.39 is 0 Å². The van der Waals surface area contributed by atoms with Crippen molar-refractivity contribution in [2.24, 2.45) is 11.8 Å². The van der Waals surface area contributed by atoms with E-state index in [9.17, 15) is 4.79 Å². The number of piperidine rings is 1. The normalized spacial score (nSPS) is 20.7. The summed E-state index contributed by atoms with van der Waals surface area (Å²) in [4.78, 5) is 19.4. The Hall–Kier alpha value is -2.11. The third-order valence-electron chi connectivity index (χ3n) is 5.37. The molecule has 148 valence electrons. The molecule has 0 radical (unpaired) electrons. The number of rotatable bonds is 5. The molecule has 5 nitrogen and oxygen atoms in total. The lowest BCUT2D eigenvalue weighted by molar-refractivity contribution is 0.0921. The number of nitrogens with zero attached hydrogens (tertiary/aromatic N) is 2. The monoisotopic (exact) mass is 399 g/mol. The summed E-state index contributed by atoms with van der Waals surface area (Å²) < 4.78 is 5.68. The summed E-state index contributed by atoms with van der Waals surface area (Å²) in [5, 5.41) is 5.37. The van der Waals surface area contributed by atoms with Crippen LogP contribution in [0.4, 0.5) is 0 Å². The number of likely N-dealkylation sites (tertiary alicyclic amines) is 1. The van der Waals surface area contributed by atoms with Crippen molar-refractivity contribution in [2.45, 2.75) is 26.7 Å². The summed E-state index contributed by atoms with van der Waals surface area (Å²) >= 11 is 6.03. The molecule has 1 aromatic carbocycles. The van der Waals surface area contributed by atoms with E-state index in [0.717, 1.165) is 54.2 Å². The molecule has 3 aromatic rings. The average Bonchev–Trinajstić information content (AvgIpc) is 3.05. The molecule has 0 aliphatic carbocycles. The van der Waals surface area contributed by atoms with Crippen molar-refractivity contribution in [1.29, 1.82) is 0 Å². The van der Waals surface area contributed by atoms with Crippen LogP contribution in [0.25, 0.3) is 22.0 Å². The van der Waals surface area contributed by atoms with Gasteiger partial charge in [0.25, 0.3) is 5.91 Å². The van der Waals surface area contributed by atoms with E-state index in [1.807, 2.05) is 18.2 Å². The molecular weight excluding hydrogens is 374 g/mol. The van der Waals surface area contributed by atoms with Crippen LogP contribution in [-0.4, -0.2) is 42.0 Å². The summed E-state index contributed by atoms with van der Waals surface area (Å²) in [6.07, 6.45) is 2.25. The molecule has 1 N–H and O–H groups in total. The van der Waals surface area contributed by atoms with Crippen molar-refractivity contribution in [2.75, 3.05) is 26.2 Å². The van der Waals surface area contributed by atoms with E-state index in [2.05, 4.69) is 29.0 Å². The van der Waals surface area contributed by atoms with Crippen LogP contribution in [0.5, 0.6) is 0 Å². The molecule has 4 rings (SSSR count). The maximum Gasteiger partial charge on any atom is 0.287 e. The molecule has 0 spiro atoms. The van der Waals surface area contributed by atoms with Gasteiger partial charge in [0.1, 0.15) is 0 Å². The van der Waals surface area contributed by atoms with Crippen LogP contribution in [0.1, 0.15) is 37.2 Å². The summed E-state index contributed by atoms with van der Waals surface area (Å²) in [7, 11) is 0. The number of pyridine rings is 1. The molecule has 0 unspecified atom stereocenters. The van der Waals surface area contributed by atoms with Crippen LogP contribution in [0.3, 0.4) is 0 Å². The molecule has 1 saturated heterocycles. The first-order valence-corrected chi connectivity index (χ1v) is 10.4. The Kier molecular flexibility index (Phi) is 5.56. The van der Waals surface area contributed by atoms with Gasteiger partial charge in [0.2, 0.25) is 5.71 Å². The summed E-state index contributed by atoms with van der Waals surface area (Å²) in [5.74, 6) is 1.61. The third kappa shape index (κ3) is 4.31. The van der Waals surface area contributed by atoms with Gasteiger partial charge in [0.15, 0.2) is 5.76 Å². The van der Waals surface area contributed by atoms with Gasteiger partial charge in [-0.15, -0.1) is 0 Å². The molecule has 28 heavy (non-hydrogen) atoms. The van der Waals surface area contributed by atoms with Crippen molar-refractivity contribution >= 4 is 39.5 Å². The van der Waals surface area contributed by atoms with E-state index in [1.54, 1.807) is 12.1 Å². The topological polar surface area (TPSA) is 58.4 Å². The highest BCUT2D eigenvalue weighted by atomic mass is 35.5. The lowest BCUT2D eigenvalue weighted by atomic mass is 9.92. The number of carbonyl (C=O) groups excluding carboxylic acids is 1. The summed E-state index contributed by atoms with van der Waals surface area (Å²) in [5.41, 5.74) is 1.21. The van der Waals surface area contributed by atoms with Crippen LogP contribution in [-0.2, 0) is 0 Å². The molecule has 1 aliphatic heterocycles. The minimum atomic E-state index is -0.194. The highest BCUT2D eigenvalue weighted by Gasteiger charge is 2.21. The Bertz CT molecular complexity index is 990. The second-order valence-electron chi connectivity index (χ2n) is 8.15. The van der Waals surface area contributed by atoms with Crippen molar-refractivity contribution in [3.05, 3.63) is 41.1 Å². The minimum absolute atomic E-state index is 0.194. The average molecular weight is 400 g/mol. The number of carbonyl (C=O) groups is 1. The molecule has 1 aliphatic rings. The van der Waals surface area contributed by atoms with Crippen molar-refractivity contribution < 1.29 is 9.21 Å². The number of aromatic nitrogens is 1. The number of benzene rings is 1. The largest absolute Gasteiger partial charge is 0.433 e. The fraction of sp³-hybridized carbons (Fsp3) is 0.455. The number of furan rings is 1. The molecule has 1 fully saturated rings. The first-order valence-electron chi connectivity index (χ1n) is 9.98. The Balaban J connectivity index is 1.35. The maximum atomic E-state index is 12.4. The van der Waals surface area contributed by atoms with Crippen molar-refractivity contribution in [3.8, 4) is 0 Å². The van der Waals surface area contributed by atoms with Gasteiger partial charge in [-0.2, -0.15) is 0 Å². The van der Waals surface area contributed by atoms with Gasteiger partial charge >= 0.3 is 0 Å². The van der Waals surface area contributed by atoms with Crippen LogP contribution in [0.15, 0.2) is 34.7 Å². The van der Waals surface area contributed by atoms with Crippen LogP contribution in [0.2, 0.25) is 5.02 Å². The number of hydrogen-bond acceptors (Lipinski definition) is 4. The smallest absolute Gasteiger partial charge is 0.287 e. The van der Waals surface area contributed by atoms with Crippen LogP contribution < -0.4 is 5.32 Å². The zero-order valence-electron chi connectivity index (χ0n) is 16.4. The summed E-state index contributed by atoms with van der Waals surface area (Å²) in [6.45, 7) is 8.61. The van der Waals surface area contributed by atoms with Crippen molar-refractivity contribution in [1.82, 2.24) is 15.2 Å². The molecule has 6 heteroatoms. The second kappa shape index (κ2) is 8.10. The molecule has 3 heterocycles. The third-order valence-corrected chi connectivity index (χ3v) is 5.61. The zero-order chi connectivity index (χ0) is 19.7. The van der Waals surface area contributed by atoms with E-state index in [4.69, 9.17) is 16.0 Å². The highest BCUT2D eigenvalue weighted by Crippen LogP contribution is 2.25. The Morgan fingerprint density at radius 3 is 2.79 bits per heavy atom. The number of nitrogens with one attached hydrogen (secondary N) is 1. The van der Waals surface area contributed by atoms with E-state index in [1.165, 1.54) is 6.42 Å². The fourth-order valence-corrected chi connectivity index (χ4v) is 4.44. The van der Waals surface area contributed by atoms with Crippen molar-refractivity contribution in [3.63, 3.8) is 0 Å². The SMILES string of the molecule is C[C@@H]1C[C@H](C)CN(CCCNC(=O)c2cc3cc4ccc(Cl)cc4nc3o2)C1. The standard InChI is InChI=1S/C22H26ClN3O2/c1-14-8-15(2)13-26(12-14)7-3-6-24-21(27)20-10-17-9-16-4-5-18(23)11-19(16)25-22(17)28-20/h4-5,9-11,14-15H,3,6-8,12-13H2,1-2H3,(H,24,27)/t14-,15+. The Labute approximate surface area is 170 Å². The maximum absolute atomic E-state index is 12.4. The van der Waals surface area contributed by atoms with Gasteiger partial charge in [0, 0.05) is 35.4 Å². The lowest BCUT2D eigenvalue weighted by Gasteiger charge is -2.34. The van der Waals surface area contributed by atoms with E-state index in [0.29, 0.717) is 23.0 Å². The number of hydrogen-bond donors (Lipinski definition) is 1. The lowest BCUT2D eigenvalue weighted by Crippen LogP contribution is -2.40. The van der Waals surface area contributed by atoms with Gasteiger partial charge in [-0.1, -0.05) is 31.5 Å². The van der Waals surface area contributed by atoms with Gasteiger partial charge in [-0.3, -0.25) is 4.79 Å². The molecule has 2 aromatic heterocycles. The van der Waals surface area contributed by atoms with Crippen LogP contribution >= 0.6 is 11.6 Å². The van der Waals surface area contributed by atoms with E-state index >= 15 is 0 Å². The van der Waals surface area contributed by atoms with Gasteiger partial charge in [-0.25, -0.2) is 4.98 Å². The molecular formula is C22H26ClN3O2. The van der Waals surface area contributed by atoms with Gasteiger partial charge < -0.3 is 14.6 Å². The Morgan fingerprint density at radius 1 is 1.21 bits per heavy atom. The summed E-state index contributed by atoms with van der Waals surface area (Å²) in [6, 6.07) is 9.25. The molecule has 0 bridgehead atoms. The predicted octanol–water partition coefficient (Wildman–Crippen LogP) is 4.73. The van der Waals surface area contributed by atoms with Gasteiger partial charge in [-0.05, 0) is 55.5 Å². The predicted molar refractivity (Wildman–Crippen MR) is 113 cm³/mol. The number of fused-ring (bicyclic) bond motifs is 2. The van der Waals surface area contributed by atoms with Gasteiger partial charge in [0.05, 0.1) is 5.52 Å². The Morgan fingerprint density at radius 2 is 2.00 bits per heavy atom. The first-order chi connectivity index (χ1) is 13.5. The molecule has 1 amide bonds. The minimum Gasteiger partial charge on any atom is -0.433 e. The zero-order valence-corrected chi connectivity index (χ0v) is 17.1. The molecule has 2 atom stereocenters. The highest BCUT2D eigenvalue weighted by molar-refractivity contribution is 6.31. The number of amides is 1. The van der Waals surface area contributed by atoms with E-state index in [-0.39, 0.29) is 5.91 Å². The molecule has 0 saturated carbocycles. The fourth-order valence-electron chi connectivity index (χ4n) is 4.28. The number of halogens is 1. The first kappa shape index (κ1) is 19.2. The quantitative estimate of drug-likeness (QED) is 0.630.